The Morgan fingerprint density at radius 1 is 0.958 bits per heavy atom. The van der Waals surface area contributed by atoms with Crippen molar-refractivity contribution in [1.29, 1.82) is 0 Å². The van der Waals surface area contributed by atoms with E-state index in [1.165, 1.54) is 12.0 Å². The van der Waals surface area contributed by atoms with Gasteiger partial charge in [-0.3, -0.25) is 4.79 Å². The van der Waals surface area contributed by atoms with Gasteiger partial charge in [-0.05, 0) is 49.1 Å². The van der Waals surface area contributed by atoms with Crippen molar-refractivity contribution in [3.05, 3.63) is 66.0 Å². The zero-order valence-electron chi connectivity index (χ0n) is 13.7. The lowest BCUT2D eigenvalue weighted by Crippen LogP contribution is -2.35. The Labute approximate surface area is 141 Å². The second kappa shape index (κ2) is 6.48. The van der Waals surface area contributed by atoms with Crippen LogP contribution in [0.1, 0.15) is 35.2 Å². The van der Waals surface area contributed by atoms with Crippen LogP contribution in [0, 0.1) is 0 Å². The summed E-state index contributed by atoms with van der Waals surface area (Å²) in [4.78, 5) is 18.9. The molecule has 1 amide bonds. The Bertz CT molecular complexity index is 845. The van der Waals surface area contributed by atoms with E-state index in [4.69, 9.17) is 0 Å². The van der Waals surface area contributed by atoms with E-state index in [2.05, 4.69) is 15.6 Å². The molecule has 0 aliphatic carbocycles. The van der Waals surface area contributed by atoms with Gasteiger partial charge in [0, 0.05) is 25.2 Å². The lowest BCUT2D eigenvalue weighted by molar-refractivity contribution is 0.0724. The first-order valence-electron chi connectivity index (χ1n) is 8.59. The van der Waals surface area contributed by atoms with Crippen molar-refractivity contribution in [2.24, 2.45) is 0 Å². The second-order valence-electron chi connectivity index (χ2n) is 6.41. The van der Waals surface area contributed by atoms with Gasteiger partial charge in [0.25, 0.3) is 5.91 Å². The normalized spacial score (nSPS) is 14.9. The van der Waals surface area contributed by atoms with Crippen LogP contribution in [0.2, 0.25) is 0 Å². The molecule has 1 fully saturated rings. The predicted octanol–water partition coefficient (Wildman–Crippen LogP) is 3.71. The second-order valence-corrected chi connectivity index (χ2v) is 6.41. The average Bonchev–Trinajstić information content (AvgIpc) is 3.06. The fraction of sp³-hybridized carbons (Fsp3) is 0.300. The quantitative estimate of drug-likeness (QED) is 0.738. The molecule has 0 radical (unpaired) electrons. The third-order valence-electron chi connectivity index (χ3n) is 4.72. The first-order valence-corrected chi connectivity index (χ1v) is 8.59. The molecule has 3 aromatic rings. The lowest BCUT2D eigenvalue weighted by atomic mass is 10.1. The highest BCUT2D eigenvalue weighted by atomic mass is 16.2. The third-order valence-corrected chi connectivity index (χ3v) is 4.72. The van der Waals surface area contributed by atoms with Gasteiger partial charge >= 0.3 is 0 Å². The first kappa shape index (κ1) is 14.9. The lowest BCUT2D eigenvalue weighted by Gasteiger charge is -2.26. The topological polar surface area (TPSA) is 38.1 Å². The number of likely N-dealkylation sites (tertiary alicyclic amines) is 1. The highest BCUT2D eigenvalue weighted by molar-refractivity contribution is 5.94. The Morgan fingerprint density at radius 3 is 2.50 bits per heavy atom. The van der Waals surface area contributed by atoms with Gasteiger partial charge in [0.05, 0.1) is 17.4 Å². The maximum absolute atomic E-state index is 12.5. The van der Waals surface area contributed by atoms with Crippen molar-refractivity contribution in [2.45, 2.75) is 25.8 Å². The number of carbonyl (C=O) groups is 1. The Hall–Kier alpha value is -2.62. The van der Waals surface area contributed by atoms with E-state index in [9.17, 15) is 4.79 Å². The monoisotopic (exact) mass is 319 g/mol. The molecule has 1 aromatic heterocycles. The van der Waals surface area contributed by atoms with E-state index < -0.39 is 0 Å². The summed E-state index contributed by atoms with van der Waals surface area (Å²) in [6.45, 7) is 2.54. The molecule has 24 heavy (non-hydrogen) atoms. The van der Waals surface area contributed by atoms with Crippen LogP contribution in [0.4, 0.5) is 0 Å². The summed E-state index contributed by atoms with van der Waals surface area (Å²) >= 11 is 0. The summed E-state index contributed by atoms with van der Waals surface area (Å²) < 4.78 is 2.14. The predicted molar refractivity (Wildman–Crippen MR) is 95.0 cm³/mol. The number of aromatic nitrogens is 2. The van der Waals surface area contributed by atoms with Crippen LogP contribution in [0.3, 0.4) is 0 Å². The van der Waals surface area contributed by atoms with Crippen LogP contribution < -0.4 is 0 Å². The molecule has 2 aromatic carbocycles. The number of fused-ring (bicyclic) bond motifs is 1. The summed E-state index contributed by atoms with van der Waals surface area (Å²) in [5.74, 6) is 0.161. The standard InChI is InChI=1S/C20H21N3O/c24-20(22-12-4-1-5-13-22)17-10-8-16(9-11-17)14-23-15-21-18-6-2-3-7-19(18)23/h2-3,6-11,15H,1,4-5,12-14H2. The Balaban J connectivity index is 1.50. The summed E-state index contributed by atoms with van der Waals surface area (Å²) in [6, 6.07) is 16.1. The molecule has 4 nitrogen and oxygen atoms in total. The van der Waals surface area contributed by atoms with Crippen LogP contribution in [-0.4, -0.2) is 33.4 Å². The molecular formula is C20H21N3O. The number of hydrogen-bond donors (Lipinski definition) is 0. The number of amides is 1. The van der Waals surface area contributed by atoms with Crippen molar-refractivity contribution in [1.82, 2.24) is 14.5 Å². The number of para-hydroxylation sites is 2. The number of imidazole rings is 1. The molecule has 1 saturated heterocycles. The molecule has 0 atom stereocenters. The molecule has 1 aliphatic rings. The van der Waals surface area contributed by atoms with Crippen LogP contribution in [0.15, 0.2) is 54.9 Å². The van der Waals surface area contributed by atoms with Crippen molar-refractivity contribution >= 4 is 16.9 Å². The molecule has 4 heteroatoms. The molecule has 2 heterocycles. The van der Waals surface area contributed by atoms with Crippen molar-refractivity contribution < 1.29 is 4.79 Å². The van der Waals surface area contributed by atoms with E-state index in [0.29, 0.717) is 0 Å². The summed E-state index contributed by atoms with van der Waals surface area (Å²) in [5, 5.41) is 0. The number of piperidine rings is 1. The SMILES string of the molecule is O=C(c1ccc(Cn2cnc3ccccc32)cc1)N1CCCCC1. The smallest absolute Gasteiger partial charge is 0.253 e. The molecule has 0 N–H and O–H groups in total. The van der Waals surface area contributed by atoms with Gasteiger partial charge in [0.15, 0.2) is 0 Å². The van der Waals surface area contributed by atoms with E-state index >= 15 is 0 Å². The van der Waals surface area contributed by atoms with Gasteiger partial charge in [-0.2, -0.15) is 0 Å². The largest absolute Gasteiger partial charge is 0.339 e. The van der Waals surface area contributed by atoms with Gasteiger partial charge in [0.2, 0.25) is 0 Å². The fourth-order valence-electron chi connectivity index (χ4n) is 3.37. The molecule has 4 rings (SSSR count). The summed E-state index contributed by atoms with van der Waals surface area (Å²) in [7, 11) is 0. The van der Waals surface area contributed by atoms with E-state index in [0.717, 1.165) is 49.1 Å². The summed E-state index contributed by atoms with van der Waals surface area (Å²) in [5.41, 5.74) is 4.10. The van der Waals surface area contributed by atoms with E-state index in [1.54, 1.807) is 0 Å². The number of rotatable bonds is 3. The number of benzene rings is 2. The molecule has 122 valence electrons. The molecule has 0 unspecified atom stereocenters. The zero-order chi connectivity index (χ0) is 16.4. The van der Waals surface area contributed by atoms with Crippen molar-refractivity contribution in [3.63, 3.8) is 0 Å². The first-order chi connectivity index (χ1) is 11.8. The number of carbonyl (C=O) groups excluding carboxylic acids is 1. The Morgan fingerprint density at radius 2 is 1.71 bits per heavy atom. The van der Waals surface area contributed by atoms with Crippen molar-refractivity contribution in [3.8, 4) is 0 Å². The van der Waals surface area contributed by atoms with Crippen molar-refractivity contribution in [2.75, 3.05) is 13.1 Å². The highest BCUT2D eigenvalue weighted by Crippen LogP contribution is 2.16. The average molecular weight is 319 g/mol. The van der Waals surface area contributed by atoms with Gasteiger partial charge in [-0.25, -0.2) is 4.98 Å². The molecule has 0 spiro atoms. The van der Waals surface area contributed by atoms with Gasteiger partial charge in [0.1, 0.15) is 0 Å². The van der Waals surface area contributed by atoms with E-state index in [-0.39, 0.29) is 5.91 Å². The molecule has 0 bridgehead atoms. The molecule has 0 saturated carbocycles. The van der Waals surface area contributed by atoms with E-state index in [1.807, 2.05) is 53.7 Å². The molecular weight excluding hydrogens is 298 g/mol. The minimum atomic E-state index is 0.161. The third kappa shape index (κ3) is 2.92. The van der Waals surface area contributed by atoms with Crippen LogP contribution in [-0.2, 0) is 6.54 Å². The minimum Gasteiger partial charge on any atom is -0.339 e. The fourth-order valence-corrected chi connectivity index (χ4v) is 3.37. The molecule has 1 aliphatic heterocycles. The van der Waals surface area contributed by atoms with Crippen LogP contribution in [0.5, 0.6) is 0 Å². The van der Waals surface area contributed by atoms with Gasteiger partial charge in [-0.1, -0.05) is 24.3 Å². The zero-order valence-corrected chi connectivity index (χ0v) is 13.7. The van der Waals surface area contributed by atoms with Crippen LogP contribution in [0.25, 0.3) is 11.0 Å². The maximum Gasteiger partial charge on any atom is 0.253 e. The Kier molecular flexibility index (Phi) is 4.03. The van der Waals surface area contributed by atoms with Gasteiger partial charge in [-0.15, -0.1) is 0 Å². The highest BCUT2D eigenvalue weighted by Gasteiger charge is 2.17. The number of hydrogen-bond acceptors (Lipinski definition) is 2. The maximum atomic E-state index is 12.5. The number of nitrogens with zero attached hydrogens (tertiary/aromatic N) is 3. The van der Waals surface area contributed by atoms with Gasteiger partial charge < -0.3 is 9.47 Å². The van der Waals surface area contributed by atoms with Crippen LogP contribution >= 0.6 is 0 Å². The summed E-state index contributed by atoms with van der Waals surface area (Å²) in [6.07, 6.45) is 5.36. The minimum absolute atomic E-state index is 0.161.